The topological polar surface area (TPSA) is 49.4 Å². The van der Waals surface area contributed by atoms with Crippen molar-refractivity contribution in [2.45, 2.75) is 65.3 Å². The molecule has 5 heteroatoms. The third-order valence-corrected chi connectivity index (χ3v) is 7.55. The maximum atomic E-state index is 13.2. The van der Waals surface area contributed by atoms with E-state index < -0.39 is 0 Å². The zero-order chi connectivity index (χ0) is 22.0. The van der Waals surface area contributed by atoms with Crippen LogP contribution >= 0.6 is 11.3 Å². The lowest BCUT2D eigenvalue weighted by Crippen LogP contribution is -2.47. The number of nitrogens with zero attached hydrogens (tertiary/aromatic N) is 1. The van der Waals surface area contributed by atoms with E-state index in [4.69, 9.17) is 0 Å². The van der Waals surface area contributed by atoms with E-state index in [1.165, 1.54) is 34.4 Å². The second-order valence-electron chi connectivity index (χ2n) is 10.0. The van der Waals surface area contributed by atoms with Gasteiger partial charge in [0.15, 0.2) is 0 Å². The molecule has 2 heterocycles. The zero-order valence-corrected chi connectivity index (χ0v) is 19.8. The fourth-order valence-electron chi connectivity index (χ4n) is 4.79. The number of amides is 2. The molecule has 1 aromatic heterocycles. The van der Waals surface area contributed by atoms with Crippen LogP contribution < -0.4 is 5.32 Å². The lowest BCUT2D eigenvalue weighted by Gasteiger charge is -2.35. The van der Waals surface area contributed by atoms with Crippen LogP contribution in [0.4, 0.5) is 0 Å². The minimum Gasteiger partial charge on any atom is -0.344 e. The molecular formula is C26H34N2O2S. The van der Waals surface area contributed by atoms with Crippen molar-refractivity contribution >= 4 is 23.2 Å². The van der Waals surface area contributed by atoms with Gasteiger partial charge in [0.2, 0.25) is 11.8 Å². The molecule has 1 fully saturated rings. The predicted molar refractivity (Wildman–Crippen MR) is 126 cm³/mol. The summed E-state index contributed by atoms with van der Waals surface area (Å²) in [6.07, 6.45) is 6.28. The number of nitrogens with one attached hydrogen (secondary N) is 1. The Morgan fingerprint density at radius 1 is 1.06 bits per heavy atom. The summed E-state index contributed by atoms with van der Waals surface area (Å²) >= 11 is 1.69. The maximum absolute atomic E-state index is 13.2. The number of piperidine rings is 1. The van der Waals surface area contributed by atoms with Crippen molar-refractivity contribution in [2.75, 3.05) is 13.1 Å². The van der Waals surface area contributed by atoms with Gasteiger partial charge in [0.1, 0.15) is 0 Å². The molecular weight excluding hydrogens is 404 g/mol. The van der Waals surface area contributed by atoms with Gasteiger partial charge in [-0.3, -0.25) is 9.59 Å². The molecule has 1 atom stereocenters. The molecule has 0 spiro atoms. The summed E-state index contributed by atoms with van der Waals surface area (Å²) in [5.74, 6) is 0.250. The molecule has 2 amide bonds. The summed E-state index contributed by atoms with van der Waals surface area (Å²) in [5, 5.41) is 5.43. The lowest BCUT2D eigenvalue weighted by atomic mass is 9.88. The molecule has 2 aliphatic rings. The smallest absolute Gasteiger partial charge is 0.227 e. The molecule has 166 valence electrons. The van der Waals surface area contributed by atoms with Crippen molar-refractivity contribution < 1.29 is 9.59 Å². The van der Waals surface area contributed by atoms with Crippen molar-refractivity contribution in [3.05, 3.63) is 57.3 Å². The molecule has 4 rings (SSSR count). The number of carbonyl (C=O) groups excluding carboxylic acids is 2. The highest BCUT2D eigenvalue weighted by Crippen LogP contribution is 2.31. The molecule has 0 radical (unpaired) electrons. The number of hydrogen-bond acceptors (Lipinski definition) is 3. The Balaban J connectivity index is 1.46. The number of benzene rings is 1. The van der Waals surface area contributed by atoms with Crippen LogP contribution in [0.25, 0.3) is 0 Å². The van der Waals surface area contributed by atoms with Crippen LogP contribution in [0.5, 0.6) is 0 Å². The van der Waals surface area contributed by atoms with E-state index in [-0.39, 0.29) is 29.2 Å². The van der Waals surface area contributed by atoms with Gasteiger partial charge in [-0.05, 0) is 66.7 Å². The van der Waals surface area contributed by atoms with Gasteiger partial charge in [-0.15, -0.1) is 11.3 Å². The number of likely N-dealkylation sites (tertiary alicyclic amines) is 1. The van der Waals surface area contributed by atoms with Crippen LogP contribution in [-0.2, 0) is 22.4 Å². The molecule has 1 aliphatic carbocycles. The summed E-state index contributed by atoms with van der Waals surface area (Å²) in [7, 11) is 0. The third kappa shape index (κ3) is 5.03. The van der Waals surface area contributed by atoms with Crippen LogP contribution in [0.3, 0.4) is 0 Å². The number of thiophene rings is 1. The van der Waals surface area contributed by atoms with Crippen molar-refractivity contribution in [3.63, 3.8) is 0 Å². The Kier molecular flexibility index (Phi) is 6.52. The van der Waals surface area contributed by atoms with E-state index in [9.17, 15) is 9.59 Å². The maximum Gasteiger partial charge on any atom is 0.227 e. The highest BCUT2D eigenvalue weighted by Gasteiger charge is 2.33. The average molecular weight is 439 g/mol. The number of fused-ring (bicyclic) bond motifs is 1. The Labute approximate surface area is 190 Å². The Morgan fingerprint density at radius 2 is 1.77 bits per heavy atom. The molecule has 0 bridgehead atoms. The van der Waals surface area contributed by atoms with Gasteiger partial charge < -0.3 is 10.2 Å². The Bertz CT molecular complexity index is 921. The van der Waals surface area contributed by atoms with E-state index in [1.807, 2.05) is 31.7 Å². The highest BCUT2D eigenvalue weighted by atomic mass is 32.1. The van der Waals surface area contributed by atoms with Crippen LogP contribution in [-0.4, -0.2) is 29.8 Å². The molecule has 2 aromatic rings. The molecule has 1 aliphatic heterocycles. The summed E-state index contributed by atoms with van der Waals surface area (Å²) in [6.45, 7) is 7.20. The van der Waals surface area contributed by atoms with Gasteiger partial charge in [0, 0.05) is 29.3 Å². The summed E-state index contributed by atoms with van der Waals surface area (Å²) < 4.78 is 0. The largest absolute Gasteiger partial charge is 0.344 e. The molecule has 1 saturated heterocycles. The van der Waals surface area contributed by atoms with E-state index >= 15 is 0 Å². The minimum atomic E-state index is -0.369. The molecule has 31 heavy (non-hydrogen) atoms. The van der Waals surface area contributed by atoms with E-state index in [2.05, 4.69) is 35.0 Å². The number of carbonyl (C=O) groups is 2. The van der Waals surface area contributed by atoms with Gasteiger partial charge in [0.05, 0.1) is 6.04 Å². The minimum absolute atomic E-state index is 0.0379. The van der Waals surface area contributed by atoms with Crippen LogP contribution in [0.1, 0.15) is 74.1 Å². The fraction of sp³-hybridized carbons (Fsp3) is 0.538. The molecule has 1 N–H and O–H groups in total. The quantitative estimate of drug-likeness (QED) is 0.720. The average Bonchev–Trinajstić information content (AvgIpc) is 3.30. The highest BCUT2D eigenvalue weighted by molar-refractivity contribution is 7.10. The lowest BCUT2D eigenvalue weighted by molar-refractivity contribution is -0.142. The molecule has 0 unspecified atom stereocenters. The summed E-state index contributed by atoms with van der Waals surface area (Å²) in [6, 6.07) is 10.8. The summed E-state index contributed by atoms with van der Waals surface area (Å²) in [5.41, 5.74) is 3.71. The van der Waals surface area contributed by atoms with Crippen molar-refractivity contribution in [2.24, 2.45) is 11.3 Å². The summed E-state index contributed by atoms with van der Waals surface area (Å²) in [4.78, 5) is 28.9. The molecule has 4 nitrogen and oxygen atoms in total. The number of aryl methyl sites for hydroxylation is 2. The second kappa shape index (κ2) is 9.15. The first kappa shape index (κ1) is 22.1. The standard InChI is InChI=1S/C26H34N2O2S/c1-26(2,3)25(30)28-14-12-19(13-15-28)24(29)27-23(22-9-6-16-31-22)21-11-10-18-7-4-5-8-20(18)17-21/h6,9-11,16-17,19,23H,4-5,7-8,12-15H2,1-3H3,(H,27,29)/t23-/m0/s1. The predicted octanol–water partition coefficient (Wildman–Crippen LogP) is 5.12. The van der Waals surface area contributed by atoms with E-state index in [1.54, 1.807) is 11.3 Å². The molecule has 1 aromatic carbocycles. The van der Waals surface area contributed by atoms with Crippen molar-refractivity contribution in [1.29, 1.82) is 0 Å². The fourth-order valence-corrected chi connectivity index (χ4v) is 5.59. The van der Waals surface area contributed by atoms with E-state index in [0.717, 1.165) is 25.7 Å². The van der Waals surface area contributed by atoms with E-state index in [0.29, 0.717) is 13.1 Å². The first-order valence-corrected chi connectivity index (χ1v) is 12.5. The van der Waals surface area contributed by atoms with Gasteiger partial charge in [-0.1, -0.05) is 45.0 Å². The van der Waals surface area contributed by atoms with Crippen molar-refractivity contribution in [3.8, 4) is 0 Å². The normalized spacial score (nSPS) is 18.4. The third-order valence-electron chi connectivity index (χ3n) is 6.61. The number of hydrogen-bond donors (Lipinski definition) is 1. The Morgan fingerprint density at radius 3 is 2.42 bits per heavy atom. The van der Waals surface area contributed by atoms with Crippen molar-refractivity contribution in [1.82, 2.24) is 10.2 Å². The van der Waals surface area contributed by atoms with Crippen LogP contribution in [0, 0.1) is 11.3 Å². The number of rotatable bonds is 4. The van der Waals surface area contributed by atoms with Crippen LogP contribution in [0.2, 0.25) is 0 Å². The van der Waals surface area contributed by atoms with Crippen LogP contribution in [0.15, 0.2) is 35.7 Å². The van der Waals surface area contributed by atoms with Gasteiger partial charge >= 0.3 is 0 Å². The van der Waals surface area contributed by atoms with Gasteiger partial charge in [-0.25, -0.2) is 0 Å². The zero-order valence-electron chi connectivity index (χ0n) is 18.9. The SMILES string of the molecule is CC(C)(C)C(=O)N1CCC(C(=O)N[C@@H](c2ccc3c(c2)CCCC3)c2cccs2)CC1. The monoisotopic (exact) mass is 438 g/mol. The molecule has 0 saturated carbocycles. The Hall–Kier alpha value is -2.14. The first-order valence-electron chi connectivity index (χ1n) is 11.6. The second-order valence-corrected chi connectivity index (χ2v) is 11.0. The first-order chi connectivity index (χ1) is 14.8. The van der Waals surface area contributed by atoms with Gasteiger partial charge in [-0.2, -0.15) is 0 Å². The van der Waals surface area contributed by atoms with Gasteiger partial charge in [0.25, 0.3) is 0 Å².